The Hall–Kier alpha value is -0.800. The third-order valence-electron chi connectivity index (χ3n) is 3.48. The van der Waals surface area contributed by atoms with Crippen LogP contribution >= 0.6 is 0 Å². The van der Waals surface area contributed by atoms with Crippen molar-refractivity contribution >= 4 is 0 Å². The lowest BCUT2D eigenvalue weighted by Gasteiger charge is -2.08. The third kappa shape index (κ3) is 3.59. The average Bonchev–Trinajstić information content (AvgIpc) is 2.66. The summed E-state index contributed by atoms with van der Waals surface area (Å²) in [5.41, 5.74) is 2.46. The van der Waals surface area contributed by atoms with Crippen molar-refractivity contribution in [2.75, 3.05) is 13.2 Å². The molecule has 1 aliphatic carbocycles. The van der Waals surface area contributed by atoms with Gasteiger partial charge < -0.3 is 14.4 Å². The summed E-state index contributed by atoms with van der Waals surface area (Å²) in [7, 11) is 0. The number of rotatable bonds is 5. The van der Waals surface area contributed by atoms with Gasteiger partial charge in [-0.15, -0.1) is 0 Å². The van der Waals surface area contributed by atoms with Gasteiger partial charge in [0.15, 0.2) is 0 Å². The highest BCUT2D eigenvalue weighted by Gasteiger charge is 2.18. The summed E-state index contributed by atoms with van der Waals surface area (Å²) in [4.78, 5) is 0. The molecule has 0 saturated heterocycles. The van der Waals surface area contributed by atoms with Gasteiger partial charge in [-0.25, -0.2) is 0 Å². The zero-order valence-electron chi connectivity index (χ0n) is 11.6. The molecule has 0 spiro atoms. The minimum Gasteiger partial charge on any atom is -0.388 e. The molecule has 0 aromatic carbocycles. The lowest BCUT2D eigenvalue weighted by molar-refractivity contribution is 0.103. The summed E-state index contributed by atoms with van der Waals surface area (Å²) in [6.45, 7) is 6.78. The van der Waals surface area contributed by atoms with Gasteiger partial charge in [-0.3, -0.25) is 0 Å². The molecule has 1 atom stereocenters. The van der Waals surface area contributed by atoms with Gasteiger partial charge in [-0.1, -0.05) is 20.3 Å². The summed E-state index contributed by atoms with van der Waals surface area (Å²) < 4.78 is 7.77. The second-order valence-electron chi connectivity index (χ2n) is 5.71. The molecular formula is C15H25NO2. The number of hydrogen-bond donors (Lipinski definition) is 1. The van der Waals surface area contributed by atoms with E-state index in [-0.39, 0.29) is 6.10 Å². The minimum absolute atomic E-state index is 0.264. The van der Waals surface area contributed by atoms with Gasteiger partial charge in [0.2, 0.25) is 0 Å². The van der Waals surface area contributed by atoms with Crippen molar-refractivity contribution in [3.63, 3.8) is 0 Å². The predicted molar refractivity (Wildman–Crippen MR) is 72.6 cm³/mol. The van der Waals surface area contributed by atoms with Crippen molar-refractivity contribution < 1.29 is 9.84 Å². The summed E-state index contributed by atoms with van der Waals surface area (Å²) in [6.07, 6.45) is 8.35. The first kappa shape index (κ1) is 13.6. The summed E-state index contributed by atoms with van der Waals surface area (Å²) in [6, 6.07) is 0. The van der Waals surface area contributed by atoms with E-state index in [0.717, 1.165) is 44.6 Å². The van der Waals surface area contributed by atoms with Gasteiger partial charge in [0.1, 0.15) is 0 Å². The Kier molecular flexibility index (Phi) is 4.84. The number of fused-ring (bicyclic) bond motifs is 1. The standard InChI is InChI=1S/C15H25NO2/c1-12(2)11-18-8-7-16-9-13-5-3-4-6-15(17)14(13)10-16/h9-10,12,15,17H,3-8,11H2,1-2H3. The number of aliphatic hydroxyl groups is 1. The summed E-state index contributed by atoms with van der Waals surface area (Å²) in [5.74, 6) is 0.591. The molecule has 1 unspecified atom stereocenters. The number of ether oxygens (including phenoxy) is 1. The largest absolute Gasteiger partial charge is 0.388 e. The van der Waals surface area contributed by atoms with Crippen LogP contribution in [0.5, 0.6) is 0 Å². The van der Waals surface area contributed by atoms with Crippen molar-refractivity contribution in [1.29, 1.82) is 0 Å². The first-order valence-corrected chi connectivity index (χ1v) is 7.11. The van der Waals surface area contributed by atoms with Crippen molar-refractivity contribution in [2.24, 2.45) is 5.92 Å². The smallest absolute Gasteiger partial charge is 0.0807 e. The predicted octanol–water partition coefficient (Wildman–Crippen LogP) is 2.92. The Morgan fingerprint density at radius 1 is 1.39 bits per heavy atom. The van der Waals surface area contributed by atoms with Crippen LogP contribution < -0.4 is 0 Å². The molecule has 0 radical (unpaired) electrons. The molecule has 0 aliphatic heterocycles. The first-order chi connectivity index (χ1) is 8.66. The molecule has 1 aromatic heterocycles. The fourth-order valence-corrected chi connectivity index (χ4v) is 2.51. The SMILES string of the molecule is CC(C)COCCn1cc2c(c1)C(O)CCCC2. The van der Waals surface area contributed by atoms with Crippen molar-refractivity contribution in [3.8, 4) is 0 Å². The van der Waals surface area contributed by atoms with Crippen LogP contribution in [0.1, 0.15) is 50.3 Å². The van der Waals surface area contributed by atoms with Crippen molar-refractivity contribution in [3.05, 3.63) is 23.5 Å². The summed E-state index contributed by atoms with van der Waals surface area (Å²) in [5, 5.41) is 10.1. The first-order valence-electron chi connectivity index (χ1n) is 7.11. The second kappa shape index (κ2) is 6.39. The Morgan fingerprint density at radius 2 is 2.22 bits per heavy atom. The van der Waals surface area contributed by atoms with Gasteiger partial charge in [0.05, 0.1) is 12.7 Å². The summed E-state index contributed by atoms with van der Waals surface area (Å²) >= 11 is 0. The Balaban J connectivity index is 1.89. The van der Waals surface area contributed by atoms with E-state index in [9.17, 15) is 5.11 Å². The zero-order valence-corrected chi connectivity index (χ0v) is 11.6. The zero-order chi connectivity index (χ0) is 13.0. The molecule has 1 aliphatic rings. The average molecular weight is 251 g/mol. The molecule has 2 rings (SSSR count). The van der Waals surface area contributed by atoms with Gasteiger partial charge in [-0.05, 0) is 30.7 Å². The van der Waals surface area contributed by atoms with Gasteiger partial charge >= 0.3 is 0 Å². The van der Waals surface area contributed by atoms with Crippen LogP contribution in [0.15, 0.2) is 12.4 Å². The fourth-order valence-electron chi connectivity index (χ4n) is 2.51. The molecule has 0 fully saturated rings. The molecular weight excluding hydrogens is 226 g/mol. The highest BCUT2D eigenvalue weighted by Crippen LogP contribution is 2.29. The molecule has 1 aromatic rings. The van der Waals surface area contributed by atoms with Gasteiger partial charge in [0, 0.05) is 31.1 Å². The molecule has 3 heteroatoms. The number of aliphatic hydroxyl groups excluding tert-OH is 1. The number of aryl methyl sites for hydroxylation is 1. The molecule has 0 bridgehead atoms. The normalized spacial score (nSPS) is 19.9. The van der Waals surface area contributed by atoms with E-state index in [1.54, 1.807) is 0 Å². The maximum atomic E-state index is 10.1. The van der Waals surface area contributed by atoms with Crippen molar-refractivity contribution in [1.82, 2.24) is 4.57 Å². The van der Waals surface area contributed by atoms with Crippen LogP contribution in [-0.2, 0) is 17.7 Å². The third-order valence-corrected chi connectivity index (χ3v) is 3.48. The van der Waals surface area contributed by atoms with Crippen LogP contribution in [0.25, 0.3) is 0 Å². The molecule has 3 nitrogen and oxygen atoms in total. The number of nitrogens with zero attached hydrogens (tertiary/aromatic N) is 1. The van der Waals surface area contributed by atoms with E-state index in [1.165, 1.54) is 12.0 Å². The van der Waals surface area contributed by atoms with Crippen LogP contribution in [0.4, 0.5) is 0 Å². The molecule has 1 N–H and O–H groups in total. The van der Waals surface area contributed by atoms with Crippen LogP contribution in [0, 0.1) is 5.92 Å². The van der Waals surface area contributed by atoms with Crippen LogP contribution in [0.2, 0.25) is 0 Å². The highest BCUT2D eigenvalue weighted by molar-refractivity contribution is 5.27. The number of hydrogen-bond acceptors (Lipinski definition) is 2. The second-order valence-corrected chi connectivity index (χ2v) is 5.71. The molecule has 1 heterocycles. The van der Waals surface area contributed by atoms with Crippen molar-refractivity contribution in [2.45, 2.75) is 52.2 Å². The van der Waals surface area contributed by atoms with E-state index in [2.05, 4.69) is 30.8 Å². The van der Waals surface area contributed by atoms with E-state index >= 15 is 0 Å². The lowest BCUT2D eigenvalue weighted by atomic mass is 10.1. The quantitative estimate of drug-likeness (QED) is 0.645. The molecule has 102 valence electrons. The fraction of sp³-hybridized carbons (Fsp3) is 0.733. The van der Waals surface area contributed by atoms with E-state index < -0.39 is 0 Å². The molecule has 0 amide bonds. The highest BCUT2D eigenvalue weighted by atomic mass is 16.5. The van der Waals surface area contributed by atoms with Gasteiger partial charge in [-0.2, -0.15) is 0 Å². The minimum atomic E-state index is -0.264. The lowest BCUT2D eigenvalue weighted by Crippen LogP contribution is -2.08. The van der Waals surface area contributed by atoms with Crippen LogP contribution in [0.3, 0.4) is 0 Å². The maximum absolute atomic E-state index is 10.1. The molecule has 0 saturated carbocycles. The Labute approximate surface area is 110 Å². The Bertz CT molecular complexity index is 371. The topological polar surface area (TPSA) is 34.4 Å². The van der Waals surface area contributed by atoms with Gasteiger partial charge in [0.25, 0.3) is 0 Å². The van der Waals surface area contributed by atoms with E-state index in [4.69, 9.17) is 4.74 Å². The molecule has 18 heavy (non-hydrogen) atoms. The Morgan fingerprint density at radius 3 is 3.00 bits per heavy atom. The van der Waals surface area contributed by atoms with Crippen LogP contribution in [-0.4, -0.2) is 22.9 Å². The van der Waals surface area contributed by atoms with E-state index in [1.807, 2.05) is 0 Å². The number of aromatic nitrogens is 1. The maximum Gasteiger partial charge on any atom is 0.0807 e. The van der Waals surface area contributed by atoms with E-state index in [0.29, 0.717) is 5.92 Å². The monoisotopic (exact) mass is 251 g/mol.